The van der Waals surface area contributed by atoms with Crippen molar-refractivity contribution in [1.82, 2.24) is 19.9 Å². The van der Waals surface area contributed by atoms with Crippen molar-refractivity contribution in [3.63, 3.8) is 0 Å². The Labute approximate surface area is 313 Å². The molecule has 0 aliphatic carbocycles. The molecule has 2 aromatic carbocycles. The third-order valence-electron chi connectivity index (χ3n) is 9.72. The zero-order chi connectivity index (χ0) is 37.7. The Kier molecular flexibility index (Phi) is 9.60. The number of nitrogens with one attached hydrogen (secondary N) is 2. The average Bonchev–Trinajstić information content (AvgIpc) is 3.74. The van der Waals surface area contributed by atoms with Crippen LogP contribution in [0.5, 0.6) is 0 Å². The summed E-state index contributed by atoms with van der Waals surface area (Å²) in [6, 6.07) is 10.7. The highest BCUT2D eigenvalue weighted by Crippen LogP contribution is 2.37. The molecule has 2 fully saturated rings. The average molecular weight is 779 g/mol. The highest BCUT2D eigenvalue weighted by molar-refractivity contribution is 7.22. The summed E-state index contributed by atoms with van der Waals surface area (Å²) in [6.07, 6.45) is 3.10. The number of pyridine rings is 2. The highest BCUT2D eigenvalue weighted by atomic mass is 32.1. The molecule has 3 atom stereocenters. The van der Waals surface area contributed by atoms with Crippen LogP contribution in [0.4, 0.5) is 43.6 Å². The van der Waals surface area contributed by atoms with Gasteiger partial charge in [-0.15, -0.1) is 0 Å². The molecule has 3 unspecified atom stereocenters. The van der Waals surface area contributed by atoms with Crippen LogP contribution in [0.2, 0.25) is 0 Å². The van der Waals surface area contributed by atoms with Crippen molar-refractivity contribution in [3.8, 4) is 0 Å². The van der Waals surface area contributed by atoms with Crippen LogP contribution in [0.3, 0.4) is 0 Å². The summed E-state index contributed by atoms with van der Waals surface area (Å²) < 4.78 is 71.0. The minimum Gasteiger partial charge on any atom is -0.371 e. The Morgan fingerprint density at radius 1 is 0.741 bits per heavy atom. The fourth-order valence-corrected chi connectivity index (χ4v) is 9.05. The summed E-state index contributed by atoms with van der Waals surface area (Å²) in [4.78, 5) is 48.1. The summed E-state index contributed by atoms with van der Waals surface area (Å²) >= 11 is 1.97. The van der Waals surface area contributed by atoms with Gasteiger partial charge in [-0.2, -0.15) is 4.39 Å². The molecule has 6 heterocycles. The zero-order valence-electron chi connectivity index (χ0n) is 28.6. The maximum Gasteiger partial charge on any atom is 0.231 e. The van der Waals surface area contributed by atoms with Gasteiger partial charge in [-0.1, -0.05) is 22.7 Å². The molecule has 2 N–H and O–H groups in total. The summed E-state index contributed by atoms with van der Waals surface area (Å²) in [5.41, 5.74) is 2.81. The first kappa shape index (κ1) is 35.7. The molecule has 6 aromatic rings. The van der Waals surface area contributed by atoms with E-state index in [1.807, 2.05) is 24.0 Å². The number of fused-ring (bicyclic) bond motifs is 2. The number of amides is 2. The molecule has 54 heavy (non-hydrogen) atoms. The van der Waals surface area contributed by atoms with Crippen molar-refractivity contribution >= 4 is 76.6 Å². The lowest BCUT2D eigenvalue weighted by molar-refractivity contribution is -0.121. The number of piperidine rings is 2. The fraction of sp³-hybridized carbons (Fsp3) is 0.297. The highest BCUT2D eigenvalue weighted by Gasteiger charge is 2.35. The van der Waals surface area contributed by atoms with Crippen molar-refractivity contribution in [2.45, 2.75) is 32.1 Å². The zero-order valence-corrected chi connectivity index (χ0v) is 30.2. The number of halogens is 5. The number of carbonyl (C=O) groups excluding carboxylic acids is 2. The fourth-order valence-electron chi connectivity index (χ4n) is 7.23. The van der Waals surface area contributed by atoms with Gasteiger partial charge in [0.2, 0.25) is 17.8 Å². The lowest BCUT2D eigenvalue weighted by Crippen LogP contribution is -2.44. The summed E-state index contributed by atoms with van der Waals surface area (Å²) in [6.45, 7) is 3.62. The number of aryl methyl sites for hydroxylation is 1. The Morgan fingerprint density at radius 2 is 1.37 bits per heavy atom. The minimum atomic E-state index is -0.824. The molecule has 278 valence electrons. The molecule has 10 nitrogen and oxygen atoms in total. The third-order valence-corrected chi connectivity index (χ3v) is 11.6. The number of benzene rings is 2. The van der Waals surface area contributed by atoms with Crippen LogP contribution in [0.1, 0.15) is 36.6 Å². The van der Waals surface area contributed by atoms with Gasteiger partial charge in [0.25, 0.3) is 0 Å². The Bertz CT molecular complexity index is 2430. The van der Waals surface area contributed by atoms with Crippen molar-refractivity contribution in [2.75, 3.05) is 46.6 Å². The van der Waals surface area contributed by atoms with Crippen molar-refractivity contribution < 1.29 is 31.5 Å². The number of anilines is 4. The van der Waals surface area contributed by atoms with Crippen LogP contribution in [-0.4, -0.2) is 57.9 Å². The van der Waals surface area contributed by atoms with Crippen LogP contribution < -0.4 is 20.4 Å². The van der Waals surface area contributed by atoms with E-state index in [0.29, 0.717) is 42.9 Å². The molecule has 2 aliphatic rings. The van der Waals surface area contributed by atoms with E-state index in [1.54, 1.807) is 6.07 Å². The monoisotopic (exact) mass is 778 g/mol. The standard InChI is InChI=1S/C37H31F5N8O2S2/c1-18-7-25(49-6-2-3-19(15-49)34(51)47-36-45-32-26(40)9-22(38)11-29(32)53-36)13-28(44-18)20-8-21(17-50(16-20)24-4-5-43-31(42)14-24)35(52)48-37-46-33-27(41)10-23(39)12-30(33)54-37/h4-5,7,9-14,19-21H,2-3,6,8,15-17H2,1H3,(H,45,47,51)(H,46,48,52). The van der Waals surface area contributed by atoms with Gasteiger partial charge >= 0.3 is 0 Å². The maximum absolute atomic E-state index is 14.4. The van der Waals surface area contributed by atoms with Crippen molar-refractivity contribution in [1.29, 1.82) is 0 Å². The lowest BCUT2D eigenvalue weighted by Gasteiger charge is -2.39. The topological polar surface area (TPSA) is 116 Å². The van der Waals surface area contributed by atoms with Gasteiger partial charge in [0, 0.05) is 79.3 Å². The molecule has 8 rings (SSSR count). The van der Waals surface area contributed by atoms with E-state index in [4.69, 9.17) is 4.98 Å². The van der Waals surface area contributed by atoms with E-state index in [9.17, 15) is 31.5 Å². The van der Waals surface area contributed by atoms with E-state index in [-0.39, 0.29) is 50.3 Å². The second-order valence-electron chi connectivity index (χ2n) is 13.5. The lowest BCUT2D eigenvalue weighted by atomic mass is 9.85. The molecule has 2 saturated heterocycles. The van der Waals surface area contributed by atoms with Crippen LogP contribution in [0.25, 0.3) is 20.4 Å². The number of carbonyl (C=O) groups is 2. The second kappa shape index (κ2) is 14.5. The number of nitrogens with zero attached hydrogens (tertiary/aromatic N) is 6. The van der Waals surface area contributed by atoms with E-state index in [1.165, 1.54) is 18.3 Å². The van der Waals surface area contributed by atoms with Gasteiger partial charge in [0.1, 0.15) is 22.7 Å². The third kappa shape index (κ3) is 7.42. The molecule has 17 heteroatoms. The molecular weight excluding hydrogens is 748 g/mol. The summed E-state index contributed by atoms with van der Waals surface area (Å²) in [5.74, 6) is -5.69. The second-order valence-corrected chi connectivity index (χ2v) is 15.6. The van der Waals surface area contributed by atoms with Crippen LogP contribution in [0.15, 0.2) is 54.7 Å². The molecule has 4 aromatic heterocycles. The Hall–Kier alpha value is -5.29. The van der Waals surface area contributed by atoms with Crippen LogP contribution >= 0.6 is 22.7 Å². The molecule has 0 bridgehead atoms. The van der Waals surface area contributed by atoms with Gasteiger partial charge in [-0.3, -0.25) is 14.6 Å². The molecule has 0 spiro atoms. The Morgan fingerprint density at radius 3 is 2.02 bits per heavy atom. The first-order valence-electron chi connectivity index (χ1n) is 17.2. The maximum atomic E-state index is 14.4. The van der Waals surface area contributed by atoms with Gasteiger partial charge in [-0.25, -0.2) is 32.5 Å². The van der Waals surface area contributed by atoms with E-state index >= 15 is 0 Å². The SMILES string of the molecule is Cc1cc(N2CCCC(C(=O)Nc3nc4c(F)cc(F)cc4s3)C2)cc(C2CC(C(=O)Nc3nc4c(F)cc(F)cc4s3)CN(c3ccnc(F)c3)C2)n1. The minimum absolute atomic E-state index is 0.000601. The van der Waals surface area contributed by atoms with Crippen molar-refractivity contribution in [3.05, 3.63) is 95.3 Å². The van der Waals surface area contributed by atoms with E-state index < -0.39 is 41.1 Å². The first-order valence-corrected chi connectivity index (χ1v) is 18.8. The van der Waals surface area contributed by atoms with Crippen LogP contribution in [0, 0.1) is 48.0 Å². The molecule has 2 amide bonds. The largest absolute Gasteiger partial charge is 0.371 e. The summed E-state index contributed by atoms with van der Waals surface area (Å²) in [5, 5.41) is 5.90. The first-order chi connectivity index (χ1) is 25.9. The quantitative estimate of drug-likeness (QED) is 0.125. The number of hydrogen-bond acceptors (Lipinski definition) is 10. The van der Waals surface area contributed by atoms with Crippen molar-refractivity contribution in [2.24, 2.45) is 11.8 Å². The van der Waals surface area contributed by atoms with Gasteiger partial charge in [0.15, 0.2) is 21.9 Å². The van der Waals surface area contributed by atoms with Gasteiger partial charge in [-0.05, 0) is 56.5 Å². The predicted molar refractivity (Wildman–Crippen MR) is 197 cm³/mol. The predicted octanol–water partition coefficient (Wildman–Crippen LogP) is 7.80. The molecule has 0 saturated carbocycles. The van der Waals surface area contributed by atoms with Gasteiger partial charge < -0.3 is 20.4 Å². The van der Waals surface area contributed by atoms with Crippen LogP contribution in [-0.2, 0) is 9.59 Å². The summed E-state index contributed by atoms with van der Waals surface area (Å²) in [7, 11) is 0. The van der Waals surface area contributed by atoms with E-state index in [2.05, 4.69) is 30.5 Å². The normalized spacial score (nSPS) is 19.0. The van der Waals surface area contributed by atoms with E-state index in [0.717, 1.165) is 64.4 Å². The number of aromatic nitrogens is 4. The molecule has 0 radical (unpaired) electrons. The molecular formula is C37H31F5N8O2S2. The Balaban J connectivity index is 1.02. The number of hydrogen-bond donors (Lipinski definition) is 2. The van der Waals surface area contributed by atoms with Gasteiger partial charge in [0.05, 0.1) is 21.2 Å². The number of rotatable bonds is 7. The number of thiazole rings is 2. The smallest absolute Gasteiger partial charge is 0.231 e. The molecule has 2 aliphatic heterocycles.